The maximum Gasteiger partial charge on any atom is 0.236 e. The molecule has 0 aromatic heterocycles. The molecule has 4 atom stereocenters. The zero-order chi connectivity index (χ0) is 17.9. The summed E-state index contributed by atoms with van der Waals surface area (Å²) in [6, 6.07) is 0. The van der Waals surface area contributed by atoms with Crippen LogP contribution in [0, 0.1) is 12.3 Å². The molecular formula is C18H21NO6. The molecule has 1 aliphatic carbocycles. The van der Waals surface area contributed by atoms with Gasteiger partial charge < -0.3 is 19.3 Å². The van der Waals surface area contributed by atoms with Gasteiger partial charge in [-0.25, -0.2) is 0 Å². The van der Waals surface area contributed by atoms with E-state index >= 15 is 0 Å². The van der Waals surface area contributed by atoms with Crippen LogP contribution in [0.4, 0.5) is 0 Å². The van der Waals surface area contributed by atoms with Crippen molar-refractivity contribution in [3.05, 3.63) is 12.3 Å². The van der Waals surface area contributed by atoms with Gasteiger partial charge in [-0.15, -0.1) is 6.42 Å². The van der Waals surface area contributed by atoms with Crippen molar-refractivity contribution in [1.82, 2.24) is 4.90 Å². The molecule has 0 bridgehead atoms. The number of ether oxygens (including phenoxy) is 3. The summed E-state index contributed by atoms with van der Waals surface area (Å²) in [5.74, 6) is 1.18. The van der Waals surface area contributed by atoms with Gasteiger partial charge in [0, 0.05) is 19.0 Å². The van der Waals surface area contributed by atoms with Crippen molar-refractivity contribution in [2.75, 3.05) is 6.61 Å². The number of fused-ring (bicyclic) bond motifs is 1. The van der Waals surface area contributed by atoms with Crippen molar-refractivity contribution in [3.63, 3.8) is 0 Å². The first kappa shape index (κ1) is 16.7. The first-order valence-corrected chi connectivity index (χ1v) is 8.55. The van der Waals surface area contributed by atoms with Crippen LogP contribution in [0.25, 0.3) is 0 Å². The smallest absolute Gasteiger partial charge is 0.236 e. The topological polar surface area (TPSA) is 85.3 Å². The number of nitrogens with zero attached hydrogens (tertiary/aromatic N) is 1. The molecule has 3 heterocycles. The SMILES string of the molecule is C#C[C@@]12OC3(CCCC3)O[C@@H]1[C@](C)(CO)O[C@H]2N1C=CC(=O)CC1=O. The van der Waals surface area contributed by atoms with Gasteiger partial charge >= 0.3 is 0 Å². The molecule has 0 aromatic rings. The first-order valence-electron chi connectivity index (χ1n) is 8.55. The Bertz CT molecular complexity index is 690. The normalized spacial score (nSPS) is 42.2. The average molecular weight is 347 g/mol. The zero-order valence-electron chi connectivity index (χ0n) is 14.1. The fourth-order valence-electron chi connectivity index (χ4n) is 4.30. The van der Waals surface area contributed by atoms with Crippen molar-refractivity contribution < 1.29 is 28.9 Å². The number of ketones is 1. The molecule has 1 amide bonds. The van der Waals surface area contributed by atoms with Crippen LogP contribution in [0.1, 0.15) is 39.0 Å². The molecule has 0 aromatic carbocycles. The van der Waals surface area contributed by atoms with E-state index in [4.69, 9.17) is 20.6 Å². The number of aliphatic hydroxyl groups excluding tert-OH is 1. The maximum absolute atomic E-state index is 12.4. The highest BCUT2D eigenvalue weighted by Crippen LogP contribution is 2.55. The Morgan fingerprint density at radius 1 is 1.36 bits per heavy atom. The van der Waals surface area contributed by atoms with Gasteiger partial charge in [-0.05, 0) is 25.8 Å². The van der Waals surface area contributed by atoms with Crippen LogP contribution in [0.3, 0.4) is 0 Å². The standard InChI is InChI=1S/C18H21NO6/c1-3-18-14(23-17(25-18)7-4-5-8-17)16(2,11-20)24-15(18)19-9-6-12(21)10-13(19)22/h1,6,9,14-15,20H,4-5,7-8,10-11H2,2H3/t14-,15-,16+,18-/m1/s1. The highest BCUT2D eigenvalue weighted by Gasteiger charge is 2.73. The Labute approximate surface area is 145 Å². The monoisotopic (exact) mass is 347 g/mol. The quantitative estimate of drug-likeness (QED) is 0.577. The van der Waals surface area contributed by atoms with E-state index in [-0.39, 0.29) is 18.8 Å². The summed E-state index contributed by atoms with van der Waals surface area (Å²) in [5, 5.41) is 9.93. The molecular weight excluding hydrogens is 326 g/mol. The van der Waals surface area contributed by atoms with E-state index in [1.54, 1.807) is 6.92 Å². The summed E-state index contributed by atoms with van der Waals surface area (Å²) in [6.07, 6.45) is 9.99. The number of rotatable bonds is 2. The van der Waals surface area contributed by atoms with Crippen LogP contribution >= 0.6 is 0 Å². The Morgan fingerprint density at radius 3 is 2.68 bits per heavy atom. The molecule has 1 saturated carbocycles. The van der Waals surface area contributed by atoms with E-state index in [1.807, 2.05) is 0 Å². The molecule has 7 nitrogen and oxygen atoms in total. The number of amides is 1. The first-order chi connectivity index (χ1) is 11.9. The molecule has 25 heavy (non-hydrogen) atoms. The summed E-state index contributed by atoms with van der Waals surface area (Å²) in [5.41, 5.74) is -2.44. The predicted molar refractivity (Wildman–Crippen MR) is 84.7 cm³/mol. The lowest BCUT2D eigenvalue weighted by molar-refractivity contribution is -0.246. The highest BCUT2D eigenvalue weighted by molar-refractivity contribution is 6.06. The van der Waals surface area contributed by atoms with Crippen molar-refractivity contribution in [2.45, 2.75) is 68.3 Å². The Kier molecular flexibility index (Phi) is 3.61. The minimum absolute atomic E-state index is 0.247. The van der Waals surface area contributed by atoms with E-state index in [0.717, 1.165) is 12.8 Å². The maximum atomic E-state index is 12.4. The van der Waals surface area contributed by atoms with E-state index in [0.29, 0.717) is 12.8 Å². The molecule has 2 saturated heterocycles. The highest BCUT2D eigenvalue weighted by atomic mass is 16.8. The third kappa shape index (κ3) is 2.22. The minimum atomic E-state index is -1.33. The summed E-state index contributed by atoms with van der Waals surface area (Å²) in [4.78, 5) is 25.2. The molecule has 4 rings (SSSR count). The molecule has 7 heteroatoms. The fraction of sp³-hybridized carbons (Fsp3) is 0.667. The van der Waals surface area contributed by atoms with Crippen molar-refractivity contribution in [2.24, 2.45) is 0 Å². The number of carbonyl (C=O) groups excluding carboxylic acids is 2. The second kappa shape index (κ2) is 5.39. The lowest BCUT2D eigenvalue weighted by Gasteiger charge is -2.36. The minimum Gasteiger partial charge on any atom is -0.393 e. The summed E-state index contributed by atoms with van der Waals surface area (Å²) in [6.45, 7) is 1.37. The Balaban J connectivity index is 1.77. The van der Waals surface area contributed by atoms with Gasteiger partial charge in [0.05, 0.1) is 13.0 Å². The number of hydrogen-bond donors (Lipinski definition) is 1. The molecule has 3 aliphatic heterocycles. The van der Waals surface area contributed by atoms with Gasteiger partial charge in [0.25, 0.3) is 0 Å². The van der Waals surface area contributed by atoms with E-state index in [2.05, 4.69) is 5.92 Å². The van der Waals surface area contributed by atoms with Crippen LogP contribution in [0.15, 0.2) is 12.3 Å². The second-order valence-corrected chi connectivity index (χ2v) is 7.36. The molecule has 3 fully saturated rings. The van der Waals surface area contributed by atoms with E-state index in [9.17, 15) is 14.7 Å². The third-order valence-electron chi connectivity index (χ3n) is 5.57. The summed E-state index contributed by atoms with van der Waals surface area (Å²) >= 11 is 0. The van der Waals surface area contributed by atoms with Gasteiger partial charge in [-0.3, -0.25) is 14.5 Å². The molecule has 1 spiro atoms. The zero-order valence-corrected chi connectivity index (χ0v) is 14.1. The van der Waals surface area contributed by atoms with Crippen molar-refractivity contribution in [3.8, 4) is 12.3 Å². The van der Waals surface area contributed by atoms with E-state index < -0.39 is 35.2 Å². The fourth-order valence-corrected chi connectivity index (χ4v) is 4.30. The average Bonchev–Trinajstić information content (AvgIpc) is 3.24. The lowest BCUT2D eigenvalue weighted by Crippen LogP contribution is -2.55. The van der Waals surface area contributed by atoms with Crippen LogP contribution in [-0.4, -0.2) is 57.6 Å². The van der Waals surface area contributed by atoms with Crippen molar-refractivity contribution in [1.29, 1.82) is 0 Å². The predicted octanol–water partition coefficient (Wildman–Crippen LogP) is 0.466. The summed E-state index contributed by atoms with van der Waals surface area (Å²) in [7, 11) is 0. The lowest BCUT2D eigenvalue weighted by atomic mass is 9.87. The molecule has 1 N–H and O–H groups in total. The van der Waals surface area contributed by atoms with Gasteiger partial charge in [0.1, 0.15) is 11.7 Å². The van der Waals surface area contributed by atoms with Gasteiger partial charge in [-0.1, -0.05) is 5.92 Å². The van der Waals surface area contributed by atoms with Crippen LogP contribution < -0.4 is 0 Å². The molecule has 4 aliphatic rings. The molecule has 0 radical (unpaired) electrons. The van der Waals surface area contributed by atoms with Crippen LogP contribution in [0.2, 0.25) is 0 Å². The molecule has 0 unspecified atom stereocenters. The third-order valence-corrected chi connectivity index (χ3v) is 5.57. The number of terminal acetylenes is 1. The largest absolute Gasteiger partial charge is 0.393 e. The number of allylic oxidation sites excluding steroid dienone is 1. The second-order valence-electron chi connectivity index (χ2n) is 7.36. The molecule has 134 valence electrons. The number of aliphatic hydroxyl groups is 1. The van der Waals surface area contributed by atoms with Crippen LogP contribution in [0.5, 0.6) is 0 Å². The van der Waals surface area contributed by atoms with E-state index in [1.165, 1.54) is 17.2 Å². The summed E-state index contributed by atoms with van der Waals surface area (Å²) < 4.78 is 18.5. The Morgan fingerprint density at radius 2 is 2.08 bits per heavy atom. The Hall–Kier alpha value is -1.72. The van der Waals surface area contributed by atoms with Gasteiger partial charge in [0.15, 0.2) is 17.8 Å². The number of hydrogen-bond acceptors (Lipinski definition) is 6. The van der Waals surface area contributed by atoms with Crippen LogP contribution in [-0.2, 0) is 23.8 Å². The van der Waals surface area contributed by atoms with Gasteiger partial charge in [-0.2, -0.15) is 0 Å². The number of carbonyl (C=O) groups is 2. The van der Waals surface area contributed by atoms with Gasteiger partial charge in [0.2, 0.25) is 11.5 Å². The van der Waals surface area contributed by atoms with Crippen molar-refractivity contribution >= 4 is 11.7 Å².